The Labute approximate surface area is 123 Å². The van der Waals surface area contributed by atoms with E-state index in [0.29, 0.717) is 22.7 Å². The number of hydrogen-bond acceptors (Lipinski definition) is 4. The number of carbonyl (C=O) groups excluding carboxylic acids is 1. The molecule has 0 bridgehead atoms. The Bertz CT molecular complexity index is 798. The van der Waals surface area contributed by atoms with Crippen LogP contribution in [0.1, 0.15) is 6.92 Å². The summed E-state index contributed by atoms with van der Waals surface area (Å²) in [6.07, 6.45) is 3.38. The topological polar surface area (TPSA) is 68.0 Å². The van der Waals surface area contributed by atoms with Crippen LogP contribution in [0.2, 0.25) is 0 Å². The minimum absolute atomic E-state index is 0.121. The summed E-state index contributed by atoms with van der Waals surface area (Å²) in [7, 11) is 0. The van der Waals surface area contributed by atoms with E-state index < -0.39 is 0 Å². The zero-order chi connectivity index (χ0) is 14.1. The number of benzene rings is 1. The first-order chi connectivity index (χ1) is 9.61. The highest BCUT2D eigenvalue weighted by molar-refractivity contribution is 9.10. The number of rotatable bonds is 2. The molecule has 1 aromatic carbocycles. The Balaban J connectivity index is 2.04. The smallest absolute Gasteiger partial charge is 0.228 e. The maximum Gasteiger partial charge on any atom is 0.228 e. The molecule has 20 heavy (non-hydrogen) atoms. The van der Waals surface area contributed by atoms with Crippen LogP contribution in [0.4, 0.5) is 5.69 Å². The predicted octanol–water partition coefficient (Wildman–Crippen LogP) is 3.61. The normalized spacial score (nSPS) is 10.7. The van der Waals surface area contributed by atoms with Crippen molar-refractivity contribution in [3.05, 3.63) is 41.1 Å². The summed E-state index contributed by atoms with van der Waals surface area (Å²) in [5.74, 6) is 0.373. The number of fused-ring (bicyclic) bond motifs is 1. The van der Waals surface area contributed by atoms with Crippen LogP contribution in [0.5, 0.6) is 0 Å². The van der Waals surface area contributed by atoms with Crippen LogP contribution in [0.25, 0.3) is 22.6 Å². The quantitative estimate of drug-likeness (QED) is 0.778. The molecule has 3 rings (SSSR count). The van der Waals surface area contributed by atoms with Gasteiger partial charge in [-0.2, -0.15) is 0 Å². The van der Waals surface area contributed by atoms with Crippen LogP contribution in [0.15, 0.2) is 45.5 Å². The van der Waals surface area contributed by atoms with Crippen molar-refractivity contribution in [2.24, 2.45) is 0 Å². The first kappa shape index (κ1) is 12.8. The van der Waals surface area contributed by atoms with E-state index in [-0.39, 0.29) is 5.91 Å². The van der Waals surface area contributed by atoms with Gasteiger partial charge in [0, 0.05) is 29.5 Å². The van der Waals surface area contributed by atoms with Crippen LogP contribution in [-0.2, 0) is 4.79 Å². The highest BCUT2D eigenvalue weighted by Crippen LogP contribution is 2.27. The summed E-state index contributed by atoms with van der Waals surface area (Å²) < 4.78 is 6.54. The second-order valence-electron chi connectivity index (χ2n) is 4.27. The molecule has 0 aliphatic heterocycles. The molecule has 1 N–H and O–H groups in total. The molecule has 0 saturated heterocycles. The molecule has 1 amide bonds. The maximum absolute atomic E-state index is 11.0. The SMILES string of the molecule is CC(=O)Nc1ccc2oc(-c3cncc(Br)c3)nc2c1. The van der Waals surface area contributed by atoms with Crippen molar-refractivity contribution >= 4 is 38.6 Å². The summed E-state index contributed by atoms with van der Waals surface area (Å²) in [6, 6.07) is 7.21. The first-order valence-corrected chi connectivity index (χ1v) is 6.70. The standard InChI is InChI=1S/C14H10BrN3O2/c1-8(19)17-11-2-3-13-12(5-11)18-14(20-13)9-4-10(15)7-16-6-9/h2-7H,1H3,(H,17,19). The highest BCUT2D eigenvalue weighted by Gasteiger charge is 2.09. The lowest BCUT2D eigenvalue weighted by molar-refractivity contribution is -0.114. The number of nitrogens with zero attached hydrogens (tertiary/aromatic N) is 2. The third kappa shape index (κ3) is 2.55. The third-order valence-corrected chi connectivity index (χ3v) is 3.09. The Kier molecular flexibility index (Phi) is 3.23. The van der Waals surface area contributed by atoms with Gasteiger partial charge >= 0.3 is 0 Å². The van der Waals surface area contributed by atoms with Gasteiger partial charge in [-0.25, -0.2) is 4.98 Å². The van der Waals surface area contributed by atoms with Gasteiger partial charge in [0.1, 0.15) is 5.52 Å². The summed E-state index contributed by atoms with van der Waals surface area (Å²) >= 11 is 3.36. The maximum atomic E-state index is 11.0. The average molecular weight is 332 g/mol. The van der Waals surface area contributed by atoms with Gasteiger partial charge in [0.2, 0.25) is 11.8 Å². The van der Waals surface area contributed by atoms with Crippen molar-refractivity contribution in [2.45, 2.75) is 6.92 Å². The molecule has 0 saturated carbocycles. The van der Waals surface area contributed by atoms with E-state index in [1.54, 1.807) is 30.6 Å². The molecular weight excluding hydrogens is 322 g/mol. The second-order valence-corrected chi connectivity index (χ2v) is 5.19. The first-order valence-electron chi connectivity index (χ1n) is 5.91. The van der Waals surface area contributed by atoms with Crippen molar-refractivity contribution in [1.29, 1.82) is 0 Å². The van der Waals surface area contributed by atoms with Crippen molar-refractivity contribution in [3.8, 4) is 11.5 Å². The summed E-state index contributed by atoms with van der Waals surface area (Å²) in [4.78, 5) is 19.5. The zero-order valence-corrected chi connectivity index (χ0v) is 12.1. The Morgan fingerprint density at radius 1 is 1.30 bits per heavy atom. The number of nitrogens with one attached hydrogen (secondary N) is 1. The molecule has 0 spiro atoms. The average Bonchev–Trinajstić information content (AvgIpc) is 2.81. The van der Waals surface area contributed by atoms with E-state index >= 15 is 0 Å². The number of aromatic nitrogens is 2. The van der Waals surface area contributed by atoms with Gasteiger partial charge in [0.15, 0.2) is 5.58 Å². The molecule has 6 heteroatoms. The number of amides is 1. The number of pyridine rings is 1. The van der Waals surface area contributed by atoms with Gasteiger partial charge in [0.25, 0.3) is 0 Å². The third-order valence-electron chi connectivity index (χ3n) is 2.66. The van der Waals surface area contributed by atoms with E-state index in [0.717, 1.165) is 10.0 Å². The summed E-state index contributed by atoms with van der Waals surface area (Å²) in [6.45, 7) is 1.46. The number of anilines is 1. The van der Waals surface area contributed by atoms with Gasteiger partial charge in [-0.05, 0) is 40.2 Å². The van der Waals surface area contributed by atoms with Crippen molar-refractivity contribution in [3.63, 3.8) is 0 Å². The lowest BCUT2D eigenvalue weighted by atomic mass is 10.3. The Morgan fingerprint density at radius 3 is 2.90 bits per heavy atom. The van der Waals surface area contributed by atoms with Gasteiger partial charge in [0.05, 0.1) is 5.56 Å². The summed E-state index contributed by atoms with van der Waals surface area (Å²) in [5, 5.41) is 2.71. The van der Waals surface area contributed by atoms with E-state index in [1.165, 1.54) is 6.92 Å². The van der Waals surface area contributed by atoms with Crippen LogP contribution >= 0.6 is 15.9 Å². The molecule has 0 fully saturated rings. The fraction of sp³-hybridized carbons (Fsp3) is 0.0714. The van der Waals surface area contributed by atoms with Crippen LogP contribution < -0.4 is 5.32 Å². The van der Waals surface area contributed by atoms with Crippen LogP contribution in [-0.4, -0.2) is 15.9 Å². The van der Waals surface area contributed by atoms with E-state index in [9.17, 15) is 4.79 Å². The van der Waals surface area contributed by atoms with Crippen LogP contribution in [0, 0.1) is 0 Å². The summed E-state index contributed by atoms with van der Waals surface area (Å²) in [5.41, 5.74) is 2.83. The molecule has 0 aliphatic rings. The van der Waals surface area contributed by atoms with Crippen molar-refractivity contribution < 1.29 is 9.21 Å². The number of hydrogen-bond donors (Lipinski definition) is 1. The van der Waals surface area contributed by atoms with E-state index in [1.807, 2.05) is 6.07 Å². The number of oxazole rings is 1. The lowest BCUT2D eigenvalue weighted by Crippen LogP contribution is -2.05. The second kappa shape index (κ2) is 5.05. The van der Waals surface area contributed by atoms with E-state index in [4.69, 9.17) is 4.42 Å². The largest absolute Gasteiger partial charge is 0.436 e. The molecule has 3 aromatic rings. The van der Waals surface area contributed by atoms with Gasteiger partial charge in [-0.1, -0.05) is 0 Å². The fourth-order valence-corrected chi connectivity index (χ4v) is 2.23. The molecule has 0 atom stereocenters. The van der Waals surface area contributed by atoms with Gasteiger partial charge in [-0.15, -0.1) is 0 Å². The van der Waals surface area contributed by atoms with Crippen LogP contribution in [0.3, 0.4) is 0 Å². The Morgan fingerprint density at radius 2 is 2.15 bits per heavy atom. The van der Waals surface area contributed by atoms with Crippen molar-refractivity contribution in [1.82, 2.24) is 9.97 Å². The van der Waals surface area contributed by atoms with Gasteiger partial charge < -0.3 is 9.73 Å². The lowest BCUT2D eigenvalue weighted by Gasteiger charge is -1.99. The fourth-order valence-electron chi connectivity index (χ4n) is 1.86. The molecule has 100 valence electrons. The number of halogens is 1. The molecule has 0 unspecified atom stereocenters. The molecule has 0 aliphatic carbocycles. The highest BCUT2D eigenvalue weighted by atomic mass is 79.9. The number of carbonyl (C=O) groups is 1. The zero-order valence-electron chi connectivity index (χ0n) is 10.6. The molecular formula is C14H10BrN3O2. The van der Waals surface area contributed by atoms with Gasteiger partial charge in [-0.3, -0.25) is 9.78 Å². The minimum atomic E-state index is -0.121. The monoisotopic (exact) mass is 331 g/mol. The minimum Gasteiger partial charge on any atom is -0.436 e. The molecule has 2 aromatic heterocycles. The Hall–Kier alpha value is -2.21. The van der Waals surface area contributed by atoms with Crippen molar-refractivity contribution in [2.75, 3.05) is 5.32 Å². The predicted molar refractivity (Wildman–Crippen MR) is 79.2 cm³/mol. The van der Waals surface area contributed by atoms with E-state index in [2.05, 4.69) is 31.2 Å². The molecule has 5 nitrogen and oxygen atoms in total. The molecule has 0 radical (unpaired) electrons. The molecule has 2 heterocycles.